The number of nitrogen functional groups attached to an aromatic ring is 1. The molecule has 2 N–H and O–H groups in total. The van der Waals surface area contributed by atoms with Gasteiger partial charge < -0.3 is 14.9 Å². The second kappa shape index (κ2) is 4.44. The van der Waals surface area contributed by atoms with E-state index in [1.165, 1.54) is 0 Å². The van der Waals surface area contributed by atoms with Crippen molar-refractivity contribution in [3.8, 4) is 17.3 Å². The third-order valence-electron chi connectivity index (χ3n) is 2.70. The molecule has 0 atom stereocenters. The summed E-state index contributed by atoms with van der Waals surface area (Å²) < 4.78 is 10.8. The Kier molecular flexibility index (Phi) is 2.76. The lowest BCUT2D eigenvalue weighted by atomic mass is 10.2. The van der Waals surface area contributed by atoms with E-state index in [0.29, 0.717) is 39.1 Å². The molecule has 0 unspecified atom stereocenters. The van der Waals surface area contributed by atoms with E-state index >= 15 is 0 Å². The molecule has 0 fully saturated rings. The van der Waals surface area contributed by atoms with Gasteiger partial charge in [0.1, 0.15) is 5.52 Å². The van der Waals surface area contributed by atoms with E-state index in [1.807, 2.05) is 6.07 Å². The van der Waals surface area contributed by atoms with Gasteiger partial charge in [-0.15, -0.1) is 0 Å². The van der Waals surface area contributed by atoms with Crippen LogP contribution in [0.3, 0.4) is 0 Å². The van der Waals surface area contributed by atoms with Crippen LogP contribution >= 0.6 is 11.6 Å². The van der Waals surface area contributed by atoms with Crippen molar-refractivity contribution in [2.24, 2.45) is 0 Å². The van der Waals surface area contributed by atoms with Crippen molar-refractivity contribution in [2.75, 3.05) is 12.8 Å². The number of fused-ring (bicyclic) bond motifs is 1. The summed E-state index contributed by atoms with van der Waals surface area (Å²) in [4.78, 5) is 8.47. The molecule has 2 aromatic heterocycles. The molecule has 0 aliphatic heterocycles. The predicted octanol–water partition coefficient (Wildman–Crippen LogP) is 3.13. The van der Waals surface area contributed by atoms with Crippen molar-refractivity contribution in [1.82, 2.24) is 9.97 Å². The number of nitrogens with zero attached hydrogens (tertiary/aromatic N) is 2. The number of methoxy groups -OCH3 is 1. The first-order chi connectivity index (χ1) is 9.19. The molecule has 0 radical (unpaired) electrons. The number of pyridine rings is 1. The summed E-state index contributed by atoms with van der Waals surface area (Å²) in [6.07, 6.45) is 1.64. The monoisotopic (exact) mass is 275 g/mol. The second-order valence-corrected chi connectivity index (χ2v) is 4.33. The number of anilines is 1. The molecule has 3 rings (SSSR count). The molecule has 2 heterocycles. The fourth-order valence-electron chi connectivity index (χ4n) is 1.80. The van der Waals surface area contributed by atoms with Gasteiger partial charge in [-0.05, 0) is 18.2 Å². The van der Waals surface area contributed by atoms with Crippen LogP contribution in [0.15, 0.2) is 34.9 Å². The summed E-state index contributed by atoms with van der Waals surface area (Å²) in [7, 11) is 1.54. The highest BCUT2D eigenvalue weighted by Crippen LogP contribution is 2.32. The normalized spacial score (nSPS) is 10.8. The Morgan fingerprint density at radius 2 is 2.21 bits per heavy atom. The number of hydrogen-bond donors (Lipinski definition) is 1. The molecule has 0 aliphatic carbocycles. The summed E-state index contributed by atoms with van der Waals surface area (Å²) in [6.45, 7) is 0. The summed E-state index contributed by atoms with van der Waals surface area (Å²) in [5, 5.41) is 0.450. The Hall–Kier alpha value is -2.27. The van der Waals surface area contributed by atoms with Crippen LogP contribution in [0, 0.1) is 0 Å². The molecule has 0 saturated heterocycles. The molecule has 0 saturated carbocycles. The number of halogens is 1. The van der Waals surface area contributed by atoms with Crippen LogP contribution in [-0.4, -0.2) is 17.1 Å². The number of aromatic nitrogens is 2. The maximum atomic E-state index is 5.96. The van der Waals surface area contributed by atoms with E-state index in [0.717, 1.165) is 0 Å². The number of benzene rings is 1. The van der Waals surface area contributed by atoms with Gasteiger partial charge in [-0.25, -0.2) is 9.97 Å². The minimum Gasteiger partial charge on any atom is -0.480 e. The van der Waals surface area contributed by atoms with Crippen molar-refractivity contribution in [3.63, 3.8) is 0 Å². The minimum absolute atomic E-state index is 0.418. The maximum absolute atomic E-state index is 5.96. The van der Waals surface area contributed by atoms with Crippen molar-refractivity contribution < 1.29 is 9.15 Å². The van der Waals surface area contributed by atoms with Crippen molar-refractivity contribution in [2.45, 2.75) is 0 Å². The van der Waals surface area contributed by atoms with Gasteiger partial charge in [0.15, 0.2) is 5.58 Å². The van der Waals surface area contributed by atoms with Crippen LogP contribution in [0.25, 0.3) is 22.6 Å². The van der Waals surface area contributed by atoms with E-state index in [1.54, 1.807) is 31.5 Å². The van der Waals surface area contributed by atoms with Crippen LogP contribution in [-0.2, 0) is 0 Å². The van der Waals surface area contributed by atoms with Crippen molar-refractivity contribution in [1.29, 1.82) is 0 Å². The van der Waals surface area contributed by atoms with Crippen LogP contribution in [0.2, 0.25) is 5.02 Å². The second-order valence-electron chi connectivity index (χ2n) is 3.92. The average molecular weight is 276 g/mol. The molecular weight excluding hydrogens is 266 g/mol. The van der Waals surface area contributed by atoms with Crippen LogP contribution in [0.4, 0.5) is 5.69 Å². The third-order valence-corrected chi connectivity index (χ3v) is 3.03. The smallest absolute Gasteiger partial charge is 0.232 e. The molecule has 19 heavy (non-hydrogen) atoms. The maximum Gasteiger partial charge on any atom is 0.232 e. The van der Waals surface area contributed by atoms with E-state index in [-0.39, 0.29) is 0 Å². The molecule has 1 aromatic carbocycles. The summed E-state index contributed by atoms with van der Waals surface area (Å²) >= 11 is 5.96. The highest BCUT2D eigenvalue weighted by Gasteiger charge is 2.14. The van der Waals surface area contributed by atoms with Gasteiger partial charge in [0.2, 0.25) is 11.8 Å². The van der Waals surface area contributed by atoms with Gasteiger partial charge in [-0.3, -0.25) is 0 Å². The Labute approximate surface area is 114 Å². The average Bonchev–Trinajstić information content (AvgIpc) is 2.82. The predicted molar refractivity (Wildman–Crippen MR) is 73.2 cm³/mol. The topological polar surface area (TPSA) is 74.2 Å². The lowest BCUT2D eigenvalue weighted by molar-refractivity contribution is 0.398. The Morgan fingerprint density at radius 3 is 3.00 bits per heavy atom. The summed E-state index contributed by atoms with van der Waals surface area (Å²) in [5.41, 5.74) is 8.07. The number of oxazole rings is 1. The first-order valence-electron chi connectivity index (χ1n) is 5.54. The number of rotatable bonds is 2. The standard InChI is InChI=1S/C13H10ClN3O2/c1-18-12-7(3-2-4-16-12)13-17-10-5-8(14)9(15)6-11(10)19-13/h2-6H,15H2,1H3. The number of nitrogens with two attached hydrogens (primary N) is 1. The zero-order valence-electron chi connectivity index (χ0n) is 10.1. The molecule has 0 bridgehead atoms. The van der Waals surface area contributed by atoms with Gasteiger partial charge in [-0.2, -0.15) is 0 Å². The highest BCUT2D eigenvalue weighted by atomic mass is 35.5. The minimum atomic E-state index is 0.418. The highest BCUT2D eigenvalue weighted by molar-refractivity contribution is 6.33. The Morgan fingerprint density at radius 1 is 1.37 bits per heavy atom. The van der Waals surface area contributed by atoms with E-state index < -0.39 is 0 Å². The van der Waals surface area contributed by atoms with Gasteiger partial charge in [0.25, 0.3) is 0 Å². The fraction of sp³-hybridized carbons (Fsp3) is 0.0769. The van der Waals surface area contributed by atoms with Crippen LogP contribution in [0.1, 0.15) is 0 Å². The summed E-state index contributed by atoms with van der Waals surface area (Å²) in [5.74, 6) is 0.870. The molecule has 6 heteroatoms. The van der Waals surface area contributed by atoms with Gasteiger partial charge in [0, 0.05) is 12.3 Å². The molecule has 96 valence electrons. The first kappa shape index (κ1) is 11.8. The molecule has 0 spiro atoms. The molecular formula is C13H10ClN3O2. The van der Waals surface area contributed by atoms with Crippen molar-refractivity contribution in [3.05, 3.63) is 35.5 Å². The quantitative estimate of drug-likeness (QED) is 0.727. The van der Waals surface area contributed by atoms with E-state index in [9.17, 15) is 0 Å². The zero-order valence-corrected chi connectivity index (χ0v) is 10.8. The molecule has 0 amide bonds. The molecule has 3 aromatic rings. The zero-order chi connectivity index (χ0) is 13.4. The van der Waals surface area contributed by atoms with Crippen molar-refractivity contribution >= 4 is 28.4 Å². The first-order valence-corrected chi connectivity index (χ1v) is 5.92. The third kappa shape index (κ3) is 1.98. The van der Waals surface area contributed by atoms with Gasteiger partial charge in [-0.1, -0.05) is 11.6 Å². The largest absolute Gasteiger partial charge is 0.480 e. The fourth-order valence-corrected chi connectivity index (χ4v) is 1.95. The van der Waals surface area contributed by atoms with E-state index in [4.69, 9.17) is 26.5 Å². The Bertz CT molecular complexity index is 716. The molecule has 5 nitrogen and oxygen atoms in total. The molecule has 0 aliphatic rings. The van der Waals surface area contributed by atoms with Crippen LogP contribution in [0.5, 0.6) is 5.88 Å². The summed E-state index contributed by atoms with van der Waals surface area (Å²) in [6, 6.07) is 6.93. The van der Waals surface area contributed by atoms with Gasteiger partial charge in [0.05, 0.1) is 23.4 Å². The van der Waals surface area contributed by atoms with E-state index in [2.05, 4.69) is 9.97 Å². The number of hydrogen-bond acceptors (Lipinski definition) is 5. The number of ether oxygens (including phenoxy) is 1. The Balaban J connectivity index is 2.20. The van der Waals surface area contributed by atoms with Gasteiger partial charge >= 0.3 is 0 Å². The lowest BCUT2D eigenvalue weighted by Gasteiger charge is -2.01. The SMILES string of the molecule is COc1ncccc1-c1nc2cc(Cl)c(N)cc2o1. The lowest BCUT2D eigenvalue weighted by Crippen LogP contribution is -1.90. The van der Waals surface area contributed by atoms with Crippen LogP contribution < -0.4 is 10.5 Å².